The highest BCUT2D eigenvalue weighted by Crippen LogP contribution is 2.25. The highest BCUT2D eigenvalue weighted by Gasteiger charge is 2.18. The third kappa shape index (κ3) is 2.84. The van der Waals surface area contributed by atoms with Gasteiger partial charge in [0.1, 0.15) is 17.3 Å². The largest absolute Gasteiger partial charge is 0.494 e. The smallest absolute Gasteiger partial charge is 0.375 e. The molecule has 1 N–H and O–H groups in total. The third-order valence-electron chi connectivity index (χ3n) is 2.88. The number of rotatable bonds is 5. The van der Waals surface area contributed by atoms with Crippen molar-refractivity contribution < 1.29 is 14.6 Å². The summed E-state index contributed by atoms with van der Waals surface area (Å²) in [6.45, 7) is 1.97. The van der Waals surface area contributed by atoms with E-state index in [0.29, 0.717) is 29.2 Å². The molecule has 7 heteroatoms. The molecule has 0 aliphatic carbocycles. The molecule has 1 heterocycles. The van der Waals surface area contributed by atoms with E-state index in [2.05, 4.69) is 10.1 Å². The summed E-state index contributed by atoms with van der Waals surface area (Å²) in [4.78, 5) is 15.1. The van der Waals surface area contributed by atoms with Crippen molar-refractivity contribution in [1.29, 1.82) is 5.26 Å². The second kappa shape index (κ2) is 6.05. The monoisotopic (exact) mass is 286 g/mol. The minimum atomic E-state index is -1.18. The molecule has 2 rings (SSSR count). The molecule has 0 radical (unpaired) electrons. The number of ether oxygens (including phenoxy) is 1. The summed E-state index contributed by atoms with van der Waals surface area (Å²) in [5, 5.41) is 22.0. The second-order valence-corrected chi connectivity index (χ2v) is 4.32. The molecule has 0 saturated carbocycles. The van der Waals surface area contributed by atoms with Crippen LogP contribution in [0.5, 0.6) is 5.75 Å². The maximum Gasteiger partial charge on any atom is 0.375 e. The maximum absolute atomic E-state index is 11.0. The molecule has 108 valence electrons. The molecule has 0 bridgehead atoms. The molecule has 0 aliphatic rings. The van der Waals surface area contributed by atoms with Gasteiger partial charge in [-0.25, -0.2) is 14.5 Å². The Morgan fingerprint density at radius 3 is 2.86 bits per heavy atom. The van der Waals surface area contributed by atoms with Gasteiger partial charge in [0.2, 0.25) is 0 Å². The predicted molar refractivity (Wildman–Crippen MR) is 73.6 cm³/mol. The molecule has 0 fully saturated rings. The molecular weight excluding hydrogens is 272 g/mol. The fourth-order valence-electron chi connectivity index (χ4n) is 1.94. The van der Waals surface area contributed by atoms with Crippen LogP contribution >= 0.6 is 0 Å². The van der Waals surface area contributed by atoms with Crippen molar-refractivity contribution in [3.8, 4) is 17.5 Å². The first-order valence-corrected chi connectivity index (χ1v) is 6.38. The first-order chi connectivity index (χ1) is 10.1. The number of aromatic nitrogens is 3. The summed E-state index contributed by atoms with van der Waals surface area (Å²) in [7, 11) is 1.48. The lowest BCUT2D eigenvalue weighted by Crippen LogP contribution is -2.06. The van der Waals surface area contributed by atoms with Crippen LogP contribution in [0, 0.1) is 11.3 Å². The van der Waals surface area contributed by atoms with Gasteiger partial charge < -0.3 is 9.84 Å². The van der Waals surface area contributed by atoms with Gasteiger partial charge in [-0.2, -0.15) is 5.26 Å². The van der Waals surface area contributed by atoms with Crippen LogP contribution in [-0.2, 0) is 6.42 Å². The van der Waals surface area contributed by atoms with E-state index in [-0.39, 0.29) is 5.82 Å². The fourth-order valence-corrected chi connectivity index (χ4v) is 1.94. The highest BCUT2D eigenvalue weighted by molar-refractivity contribution is 5.83. The first kappa shape index (κ1) is 14.5. The Hall–Kier alpha value is -2.88. The lowest BCUT2D eigenvalue weighted by Gasteiger charge is -2.10. The molecular formula is C14H14N4O3. The topological polar surface area (TPSA) is 101 Å². The zero-order valence-electron chi connectivity index (χ0n) is 11.7. The number of hydrogen-bond acceptors (Lipinski definition) is 5. The summed E-state index contributed by atoms with van der Waals surface area (Å²) in [6, 6.07) is 6.89. The number of methoxy groups -OCH3 is 1. The summed E-state index contributed by atoms with van der Waals surface area (Å²) >= 11 is 0. The standard InChI is InChI=1S/C14H14N4O3/c1-3-4-12-16-13(14(19)20)17-18(12)10-6-5-9(8-15)7-11(10)21-2/h5-7H,3-4H2,1-2H3,(H,19,20). The fraction of sp³-hybridized carbons (Fsp3) is 0.286. The average Bonchev–Trinajstić information content (AvgIpc) is 2.91. The van der Waals surface area contributed by atoms with E-state index in [0.717, 1.165) is 6.42 Å². The van der Waals surface area contributed by atoms with E-state index >= 15 is 0 Å². The van der Waals surface area contributed by atoms with Gasteiger partial charge >= 0.3 is 5.97 Å². The van der Waals surface area contributed by atoms with E-state index in [1.807, 2.05) is 13.0 Å². The van der Waals surface area contributed by atoms with Crippen molar-refractivity contribution in [3.63, 3.8) is 0 Å². The van der Waals surface area contributed by atoms with Crippen LogP contribution in [0.15, 0.2) is 18.2 Å². The number of aromatic carboxylic acids is 1. The number of carboxylic acids is 1. The lowest BCUT2D eigenvalue weighted by atomic mass is 10.2. The Morgan fingerprint density at radius 2 is 2.29 bits per heavy atom. The van der Waals surface area contributed by atoms with Gasteiger partial charge in [-0.15, -0.1) is 5.10 Å². The normalized spacial score (nSPS) is 10.1. The van der Waals surface area contributed by atoms with Crippen LogP contribution in [-0.4, -0.2) is 33.0 Å². The number of nitrogens with zero attached hydrogens (tertiary/aromatic N) is 4. The lowest BCUT2D eigenvalue weighted by molar-refractivity contribution is 0.0683. The minimum absolute atomic E-state index is 0.259. The van der Waals surface area contributed by atoms with E-state index in [9.17, 15) is 4.79 Å². The molecule has 0 amide bonds. The van der Waals surface area contributed by atoms with E-state index < -0.39 is 5.97 Å². The Bertz CT molecular complexity index is 715. The number of nitriles is 1. The molecule has 1 aromatic carbocycles. The van der Waals surface area contributed by atoms with Crippen molar-refractivity contribution in [2.45, 2.75) is 19.8 Å². The van der Waals surface area contributed by atoms with Gasteiger partial charge in [-0.05, 0) is 18.6 Å². The van der Waals surface area contributed by atoms with Gasteiger partial charge in [-0.3, -0.25) is 0 Å². The van der Waals surface area contributed by atoms with Crippen molar-refractivity contribution in [2.24, 2.45) is 0 Å². The Kier molecular flexibility index (Phi) is 4.18. The highest BCUT2D eigenvalue weighted by atomic mass is 16.5. The molecule has 0 spiro atoms. The molecule has 0 atom stereocenters. The number of carbonyl (C=O) groups is 1. The van der Waals surface area contributed by atoms with Gasteiger partial charge in [0.05, 0.1) is 18.7 Å². The van der Waals surface area contributed by atoms with Gasteiger partial charge in [0, 0.05) is 12.5 Å². The quantitative estimate of drug-likeness (QED) is 0.899. The van der Waals surface area contributed by atoms with Crippen molar-refractivity contribution in [2.75, 3.05) is 7.11 Å². The third-order valence-corrected chi connectivity index (χ3v) is 2.88. The van der Waals surface area contributed by atoms with E-state index in [1.165, 1.54) is 11.8 Å². The molecule has 21 heavy (non-hydrogen) atoms. The zero-order valence-corrected chi connectivity index (χ0v) is 11.7. The molecule has 2 aromatic rings. The van der Waals surface area contributed by atoms with Crippen LogP contribution in [0.25, 0.3) is 5.69 Å². The maximum atomic E-state index is 11.0. The van der Waals surface area contributed by atoms with Gasteiger partial charge in [0.15, 0.2) is 0 Å². The zero-order chi connectivity index (χ0) is 15.4. The summed E-state index contributed by atoms with van der Waals surface area (Å²) in [6.07, 6.45) is 1.39. The van der Waals surface area contributed by atoms with Crippen molar-refractivity contribution in [3.05, 3.63) is 35.4 Å². The Labute approximate surface area is 121 Å². The van der Waals surface area contributed by atoms with E-state index in [4.69, 9.17) is 15.1 Å². The van der Waals surface area contributed by atoms with Crippen LogP contribution in [0.2, 0.25) is 0 Å². The second-order valence-electron chi connectivity index (χ2n) is 4.32. The predicted octanol–water partition coefficient (Wildman–Crippen LogP) is 1.80. The Morgan fingerprint density at radius 1 is 1.52 bits per heavy atom. The molecule has 0 aliphatic heterocycles. The molecule has 0 unspecified atom stereocenters. The van der Waals surface area contributed by atoms with Crippen LogP contribution in [0.4, 0.5) is 0 Å². The average molecular weight is 286 g/mol. The van der Waals surface area contributed by atoms with Crippen molar-refractivity contribution >= 4 is 5.97 Å². The first-order valence-electron chi connectivity index (χ1n) is 6.38. The summed E-state index contributed by atoms with van der Waals surface area (Å²) in [5.41, 5.74) is 1.01. The molecule has 7 nitrogen and oxygen atoms in total. The SMILES string of the molecule is CCCc1nc(C(=O)O)nn1-c1ccc(C#N)cc1OC. The number of aryl methyl sites for hydroxylation is 1. The number of benzene rings is 1. The van der Waals surface area contributed by atoms with E-state index in [1.54, 1.807) is 18.2 Å². The summed E-state index contributed by atoms with van der Waals surface area (Å²) in [5.74, 6) is -0.463. The molecule has 1 aromatic heterocycles. The number of hydrogen-bond donors (Lipinski definition) is 1. The van der Waals surface area contributed by atoms with Crippen LogP contribution in [0.1, 0.15) is 35.4 Å². The van der Waals surface area contributed by atoms with Crippen molar-refractivity contribution in [1.82, 2.24) is 14.8 Å². The summed E-state index contributed by atoms with van der Waals surface area (Å²) < 4.78 is 6.71. The van der Waals surface area contributed by atoms with Crippen LogP contribution < -0.4 is 4.74 Å². The Balaban J connectivity index is 2.60. The van der Waals surface area contributed by atoms with Gasteiger partial charge in [0.25, 0.3) is 5.82 Å². The minimum Gasteiger partial charge on any atom is -0.494 e. The number of carboxylic acid groups (broad SMARTS) is 1. The van der Waals surface area contributed by atoms with Crippen LogP contribution in [0.3, 0.4) is 0 Å². The van der Waals surface area contributed by atoms with Gasteiger partial charge in [-0.1, -0.05) is 6.92 Å². The molecule has 0 saturated heterocycles.